The van der Waals surface area contributed by atoms with Gasteiger partial charge in [0.2, 0.25) is 5.91 Å². The Labute approximate surface area is 120 Å². The van der Waals surface area contributed by atoms with Gasteiger partial charge in [-0.25, -0.2) is 0 Å². The third-order valence-electron chi connectivity index (χ3n) is 2.53. The topological polar surface area (TPSA) is 20.3 Å². The lowest BCUT2D eigenvalue weighted by Gasteiger charge is -2.22. The quantitative estimate of drug-likeness (QED) is 0.745. The van der Waals surface area contributed by atoms with Crippen molar-refractivity contribution in [1.29, 1.82) is 0 Å². The first-order valence-corrected chi connectivity index (χ1v) is 7.26. The number of benzene rings is 1. The number of carbonyl (C=O) groups excluding carboxylic acids is 1. The Morgan fingerprint density at radius 3 is 2.29 bits per heavy atom. The van der Waals surface area contributed by atoms with E-state index in [1.165, 1.54) is 0 Å². The third kappa shape index (κ3) is 4.43. The largest absolute Gasteiger partial charge is 0.340 e. The molecule has 1 unspecified atom stereocenters. The first kappa shape index (κ1) is 14.7. The molecule has 1 amide bonds. The van der Waals surface area contributed by atoms with Crippen molar-refractivity contribution in [2.24, 2.45) is 5.92 Å². The molecule has 0 aromatic heterocycles. The number of nitrogens with zero attached hydrogens (tertiary/aromatic N) is 1. The minimum Gasteiger partial charge on any atom is -0.340 e. The summed E-state index contributed by atoms with van der Waals surface area (Å²) in [7, 11) is 1.83. The highest BCUT2D eigenvalue weighted by molar-refractivity contribution is 9.10. The van der Waals surface area contributed by atoms with Crippen molar-refractivity contribution in [2.75, 3.05) is 7.05 Å². The summed E-state index contributed by atoms with van der Waals surface area (Å²) in [6.45, 7) is 4.70. The fourth-order valence-corrected chi connectivity index (χ4v) is 2.05. The number of rotatable bonds is 4. The molecule has 4 heteroatoms. The summed E-state index contributed by atoms with van der Waals surface area (Å²) in [6, 6.07) is 8.02. The third-order valence-corrected chi connectivity index (χ3v) is 4.51. The highest BCUT2D eigenvalue weighted by Crippen LogP contribution is 2.17. The van der Waals surface area contributed by atoms with Crippen LogP contribution in [0.3, 0.4) is 0 Å². The van der Waals surface area contributed by atoms with Crippen LogP contribution in [0.2, 0.25) is 0 Å². The summed E-state index contributed by atoms with van der Waals surface area (Å²) >= 11 is 6.83. The zero-order valence-electron chi connectivity index (χ0n) is 10.3. The summed E-state index contributed by atoms with van der Waals surface area (Å²) in [5, 5.41) is 0. The molecule has 0 aliphatic rings. The van der Waals surface area contributed by atoms with E-state index < -0.39 is 0 Å². The standard InChI is InChI=1S/C13H17Br2NO/c1-9(2)12(15)13(17)16(3)8-10-4-6-11(14)7-5-10/h4-7,9,12H,8H2,1-3H3. The highest BCUT2D eigenvalue weighted by Gasteiger charge is 2.22. The summed E-state index contributed by atoms with van der Waals surface area (Å²) < 4.78 is 1.05. The second kappa shape index (κ2) is 6.55. The van der Waals surface area contributed by atoms with Crippen LogP contribution >= 0.6 is 31.9 Å². The smallest absolute Gasteiger partial charge is 0.236 e. The maximum absolute atomic E-state index is 12.0. The van der Waals surface area contributed by atoms with Crippen LogP contribution in [0.5, 0.6) is 0 Å². The van der Waals surface area contributed by atoms with Gasteiger partial charge in [0.1, 0.15) is 0 Å². The van der Waals surface area contributed by atoms with Crippen molar-refractivity contribution in [3.05, 3.63) is 34.3 Å². The van der Waals surface area contributed by atoms with Crippen LogP contribution in [0.1, 0.15) is 19.4 Å². The molecule has 1 rings (SSSR count). The molecule has 0 N–H and O–H groups in total. The molecule has 0 fully saturated rings. The summed E-state index contributed by atoms with van der Waals surface area (Å²) in [5.74, 6) is 0.429. The minimum atomic E-state index is -0.108. The predicted molar refractivity (Wildman–Crippen MR) is 78.2 cm³/mol. The van der Waals surface area contributed by atoms with Crippen LogP contribution in [-0.4, -0.2) is 22.7 Å². The number of halogens is 2. The second-order valence-corrected chi connectivity index (χ2v) is 6.37. The van der Waals surface area contributed by atoms with Gasteiger partial charge in [-0.15, -0.1) is 0 Å². The maximum atomic E-state index is 12.0. The Bertz CT molecular complexity index is 376. The molecule has 0 heterocycles. The van der Waals surface area contributed by atoms with Crippen molar-refractivity contribution >= 4 is 37.8 Å². The number of amides is 1. The van der Waals surface area contributed by atoms with E-state index in [1.807, 2.05) is 45.2 Å². The number of carbonyl (C=O) groups is 1. The molecule has 17 heavy (non-hydrogen) atoms. The monoisotopic (exact) mass is 361 g/mol. The van der Waals surface area contributed by atoms with Crippen molar-refractivity contribution in [3.63, 3.8) is 0 Å². The van der Waals surface area contributed by atoms with Crippen molar-refractivity contribution in [1.82, 2.24) is 4.90 Å². The van der Waals surface area contributed by atoms with Gasteiger partial charge in [0, 0.05) is 18.1 Å². The maximum Gasteiger partial charge on any atom is 0.236 e. The SMILES string of the molecule is CC(C)C(Br)C(=O)N(C)Cc1ccc(Br)cc1. The van der Waals surface area contributed by atoms with E-state index in [1.54, 1.807) is 4.90 Å². The van der Waals surface area contributed by atoms with E-state index in [2.05, 4.69) is 31.9 Å². The Kier molecular flexibility index (Phi) is 5.67. The number of hydrogen-bond acceptors (Lipinski definition) is 1. The molecule has 0 aliphatic heterocycles. The van der Waals surface area contributed by atoms with Crippen LogP contribution in [0, 0.1) is 5.92 Å². The summed E-state index contributed by atoms with van der Waals surface area (Å²) in [5.41, 5.74) is 1.13. The normalized spacial score (nSPS) is 12.6. The Hall–Kier alpha value is -0.350. The molecule has 0 spiro atoms. The molecule has 1 aromatic rings. The van der Waals surface area contributed by atoms with Crippen molar-refractivity contribution < 1.29 is 4.79 Å². The minimum absolute atomic E-state index is 0.108. The van der Waals surface area contributed by atoms with Crippen LogP contribution < -0.4 is 0 Å². The number of alkyl halides is 1. The van der Waals surface area contributed by atoms with Crippen LogP contribution in [0.4, 0.5) is 0 Å². The molecule has 1 atom stereocenters. The van der Waals surface area contributed by atoms with Crippen molar-refractivity contribution in [2.45, 2.75) is 25.2 Å². The Balaban J connectivity index is 2.63. The number of hydrogen-bond donors (Lipinski definition) is 0. The lowest BCUT2D eigenvalue weighted by atomic mass is 10.1. The molecule has 0 saturated carbocycles. The molecule has 2 nitrogen and oxygen atoms in total. The lowest BCUT2D eigenvalue weighted by Crippen LogP contribution is -2.35. The van der Waals surface area contributed by atoms with Gasteiger partial charge in [-0.2, -0.15) is 0 Å². The fourth-order valence-electron chi connectivity index (χ4n) is 1.44. The van der Waals surface area contributed by atoms with Gasteiger partial charge in [-0.1, -0.05) is 57.8 Å². The van der Waals surface area contributed by atoms with E-state index in [0.29, 0.717) is 12.5 Å². The van der Waals surface area contributed by atoms with Gasteiger partial charge in [0.25, 0.3) is 0 Å². The lowest BCUT2D eigenvalue weighted by molar-refractivity contribution is -0.130. The molecular weight excluding hydrogens is 346 g/mol. The first-order chi connectivity index (χ1) is 7.91. The van der Waals surface area contributed by atoms with Gasteiger partial charge in [-0.05, 0) is 23.6 Å². The van der Waals surface area contributed by atoms with Crippen LogP contribution in [0.25, 0.3) is 0 Å². The van der Waals surface area contributed by atoms with E-state index in [4.69, 9.17) is 0 Å². The molecule has 0 radical (unpaired) electrons. The molecule has 0 saturated heterocycles. The molecule has 94 valence electrons. The van der Waals surface area contributed by atoms with Gasteiger partial charge < -0.3 is 4.90 Å². The predicted octanol–water partition coefficient (Wildman–Crippen LogP) is 3.83. The average Bonchev–Trinajstić information content (AvgIpc) is 2.30. The van der Waals surface area contributed by atoms with E-state index in [9.17, 15) is 4.79 Å². The van der Waals surface area contributed by atoms with E-state index in [-0.39, 0.29) is 10.7 Å². The zero-order chi connectivity index (χ0) is 13.0. The van der Waals surface area contributed by atoms with Gasteiger partial charge in [0.05, 0.1) is 4.83 Å². The highest BCUT2D eigenvalue weighted by atomic mass is 79.9. The Morgan fingerprint density at radius 1 is 1.29 bits per heavy atom. The van der Waals surface area contributed by atoms with Gasteiger partial charge in [0.15, 0.2) is 0 Å². The van der Waals surface area contributed by atoms with Gasteiger partial charge in [-0.3, -0.25) is 4.79 Å². The molecule has 1 aromatic carbocycles. The molecular formula is C13H17Br2NO. The van der Waals surface area contributed by atoms with E-state index >= 15 is 0 Å². The molecule has 0 aliphatic carbocycles. The second-order valence-electron chi connectivity index (χ2n) is 4.47. The Morgan fingerprint density at radius 2 is 1.82 bits per heavy atom. The molecule has 0 bridgehead atoms. The first-order valence-electron chi connectivity index (χ1n) is 5.55. The fraction of sp³-hybridized carbons (Fsp3) is 0.462. The zero-order valence-corrected chi connectivity index (χ0v) is 13.5. The van der Waals surface area contributed by atoms with Crippen molar-refractivity contribution in [3.8, 4) is 0 Å². The average molecular weight is 363 g/mol. The summed E-state index contributed by atoms with van der Waals surface area (Å²) in [6.07, 6.45) is 0. The van der Waals surface area contributed by atoms with Crippen LogP contribution in [-0.2, 0) is 11.3 Å². The van der Waals surface area contributed by atoms with Crippen LogP contribution in [0.15, 0.2) is 28.7 Å². The van der Waals surface area contributed by atoms with E-state index in [0.717, 1.165) is 10.0 Å². The van der Waals surface area contributed by atoms with Gasteiger partial charge >= 0.3 is 0 Å². The summed E-state index contributed by atoms with van der Waals surface area (Å²) in [4.78, 5) is 13.7.